The average Bonchev–Trinajstić information content (AvgIpc) is 2.14. The molecular weight excluding hydrogens is 239 g/mol. The van der Waals surface area contributed by atoms with Gasteiger partial charge in [-0.25, -0.2) is 9.97 Å². The van der Waals surface area contributed by atoms with Gasteiger partial charge in [0.05, 0.1) is 0 Å². The fraction of sp³-hybridized carbons (Fsp3) is 0.375. The Morgan fingerprint density at radius 3 is 2.59 bits per heavy atom. The van der Waals surface area contributed by atoms with Crippen LogP contribution in [0, 0.1) is 0 Å². The van der Waals surface area contributed by atoms with Crippen molar-refractivity contribution < 1.29 is 18.0 Å². The average molecular weight is 249 g/mol. The summed E-state index contributed by atoms with van der Waals surface area (Å²) in [5, 5.41) is 2.50. The number of amides is 1. The van der Waals surface area contributed by atoms with Gasteiger partial charge in [0.15, 0.2) is 0 Å². The molecule has 1 amide bonds. The lowest BCUT2D eigenvalue weighted by Crippen LogP contribution is -2.18. The number of halogens is 3. The number of alkyl halides is 3. The molecule has 1 aromatic heterocycles. The van der Waals surface area contributed by atoms with Crippen LogP contribution in [0.5, 0.6) is 0 Å². The zero-order valence-corrected chi connectivity index (χ0v) is 8.58. The Balaban J connectivity index is 2.79. The number of hydrogen-bond donors (Lipinski definition) is 3. The monoisotopic (exact) mass is 249 g/mol. The first-order valence-electron chi connectivity index (χ1n) is 4.53. The maximum absolute atomic E-state index is 12.3. The first kappa shape index (κ1) is 13.0. The van der Waals surface area contributed by atoms with E-state index in [0.29, 0.717) is 0 Å². The number of nitrogens with one attached hydrogen (secondary N) is 1. The summed E-state index contributed by atoms with van der Waals surface area (Å²) in [5.41, 5.74) is 10.1. The molecule has 0 bridgehead atoms. The molecule has 1 heterocycles. The fourth-order valence-electron chi connectivity index (χ4n) is 0.997. The van der Waals surface area contributed by atoms with Crippen LogP contribution in [0.4, 0.5) is 24.8 Å². The third kappa shape index (κ3) is 4.13. The van der Waals surface area contributed by atoms with Gasteiger partial charge in [-0.05, 0) is 0 Å². The number of carbonyl (C=O) groups excluding carboxylic acids is 1. The molecule has 0 aliphatic carbocycles. The van der Waals surface area contributed by atoms with Crippen LogP contribution in [0.15, 0.2) is 6.07 Å². The maximum atomic E-state index is 12.3. The number of aromatic nitrogens is 2. The number of rotatable bonds is 4. The van der Waals surface area contributed by atoms with E-state index in [9.17, 15) is 18.0 Å². The van der Waals surface area contributed by atoms with Crippen LogP contribution in [-0.2, 0) is 11.0 Å². The minimum Gasteiger partial charge on any atom is -0.384 e. The van der Waals surface area contributed by atoms with Gasteiger partial charge in [-0.1, -0.05) is 0 Å². The number of nitrogens with two attached hydrogens (primary N) is 2. The number of primary amides is 1. The lowest BCUT2D eigenvalue weighted by atomic mass is 10.4. The summed E-state index contributed by atoms with van der Waals surface area (Å²) in [7, 11) is 0. The van der Waals surface area contributed by atoms with E-state index in [4.69, 9.17) is 11.5 Å². The van der Waals surface area contributed by atoms with E-state index >= 15 is 0 Å². The molecular formula is C8H10F3N5O. The molecule has 0 aliphatic rings. The smallest absolute Gasteiger partial charge is 0.384 e. The minimum absolute atomic E-state index is 0.0226. The highest BCUT2D eigenvalue weighted by molar-refractivity contribution is 5.74. The van der Waals surface area contributed by atoms with E-state index in [2.05, 4.69) is 15.3 Å². The molecule has 0 unspecified atom stereocenters. The summed E-state index contributed by atoms with van der Waals surface area (Å²) in [6.07, 6.45) is -4.69. The molecule has 1 rings (SSSR count). The Kier molecular flexibility index (Phi) is 3.71. The van der Waals surface area contributed by atoms with E-state index in [-0.39, 0.29) is 24.6 Å². The molecule has 0 atom stereocenters. The van der Waals surface area contributed by atoms with Crippen LogP contribution in [0.25, 0.3) is 0 Å². The van der Waals surface area contributed by atoms with Crippen molar-refractivity contribution in [1.82, 2.24) is 9.97 Å². The van der Waals surface area contributed by atoms with Crippen molar-refractivity contribution in [2.45, 2.75) is 12.6 Å². The van der Waals surface area contributed by atoms with E-state index in [1.807, 2.05) is 0 Å². The number of nitrogen functional groups attached to an aromatic ring is 1. The van der Waals surface area contributed by atoms with Gasteiger partial charge in [-0.15, -0.1) is 0 Å². The Morgan fingerprint density at radius 1 is 1.41 bits per heavy atom. The van der Waals surface area contributed by atoms with E-state index in [1.165, 1.54) is 0 Å². The zero-order chi connectivity index (χ0) is 13.1. The first-order chi connectivity index (χ1) is 7.79. The van der Waals surface area contributed by atoms with Gasteiger partial charge in [0, 0.05) is 19.0 Å². The van der Waals surface area contributed by atoms with Gasteiger partial charge >= 0.3 is 6.18 Å². The van der Waals surface area contributed by atoms with Gasteiger partial charge in [-0.3, -0.25) is 4.79 Å². The van der Waals surface area contributed by atoms with Crippen molar-refractivity contribution in [1.29, 1.82) is 0 Å². The molecule has 94 valence electrons. The van der Waals surface area contributed by atoms with Crippen LogP contribution in [0.1, 0.15) is 12.2 Å². The van der Waals surface area contributed by atoms with Crippen LogP contribution in [-0.4, -0.2) is 22.4 Å². The summed E-state index contributed by atoms with van der Waals surface area (Å²) < 4.78 is 36.9. The van der Waals surface area contributed by atoms with Gasteiger partial charge in [-0.2, -0.15) is 13.2 Å². The van der Waals surface area contributed by atoms with E-state index in [1.54, 1.807) is 0 Å². The molecule has 0 fully saturated rings. The van der Waals surface area contributed by atoms with E-state index < -0.39 is 17.9 Å². The fourth-order valence-corrected chi connectivity index (χ4v) is 0.997. The third-order valence-corrected chi connectivity index (χ3v) is 1.68. The van der Waals surface area contributed by atoms with Crippen LogP contribution in [0.3, 0.4) is 0 Å². The molecule has 0 saturated carbocycles. The first-order valence-corrected chi connectivity index (χ1v) is 4.53. The standard InChI is InChI=1S/C8H10F3N5O/c9-8(10,11)7-15-4(12)3-6(16-7)14-2-1-5(13)17/h3H,1-2H2,(H2,13,17)(H3,12,14,15,16). The second kappa shape index (κ2) is 4.85. The van der Waals surface area contributed by atoms with Gasteiger partial charge in [0.1, 0.15) is 11.6 Å². The number of nitrogens with zero attached hydrogens (tertiary/aromatic N) is 2. The van der Waals surface area contributed by atoms with E-state index in [0.717, 1.165) is 6.07 Å². The van der Waals surface area contributed by atoms with Crippen LogP contribution in [0.2, 0.25) is 0 Å². The molecule has 17 heavy (non-hydrogen) atoms. The Labute approximate surface area is 94.2 Å². The zero-order valence-electron chi connectivity index (χ0n) is 8.58. The molecule has 9 heteroatoms. The van der Waals surface area contributed by atoms with Crippen LogP contribution < -0.4 is 16.8 Å². The highest BCUT2D eigenvalue weighted by atomic mass is 19.4. The van der Waals surface area contributed by atoms with Crippen molar-refractivity contribution in [2.24, 2.45) is 5.73 Å². The van der Waals surface area contributed by atoms with Crippen LogP contribution >= 0.6 is 0 Å². The van der Waals surface area contributed by atoms with Gasteiger partial charge in [0.25, 0.3) is 0 Å². The Morgan fingerprint density at radius 2 is 2.06 bits per heavy atom. The Hall–Kier alpha value is -2.06. The maximum Gasteiger partial charge on any atom is 0.451 e. The molecule has 6 nitrogen and oxygen atoms in total. The highest BCUT2D eigenvalue weighted by Gasteiger charge is 2.35. The predicted molar refractivity (Wildman–Crippen MR) is 53.7 cm³/mol. The normalized spacial score (nSPS) is 11.2. The number of hydrogen-bond acceptors (Lipinski definition) is 5. The second-order valence-electron chi connectivity index (χ2n) is 3.14. The van der Waals surface area contributed by atoms with Gasteiger partial charge < -0.3 is 16.8 Å². The molecule has 0 aliphatic heterocycles. The Bertz CT molecular complexity index is 420. The summed E-state index contributed by atoms with van der Waals surface area (Å²) in [6, 6.07) is 1.14. The SMILES string of the molecule is NC(=O)CCNc1cc(N)nc(C(F)(F)F)n1. The van der Waals surface area contributed by atoms with Crippen molar-refractivity contribution in [3.8, 4) is 0 Å². The molecule has 0 radical (unpaired) electrons. The lowest BCUT2D eigenvalue weighted by molar-refractivity contribution is -0.144. The highest BCUT2D eigenvalue weighted by Crippen LogP contribution is 2.27. The summed E-state index contributed by atoms with van der Waals surface area (Å²) >= 11 is 0. The van der Waals surface area contributed by atoms with Crippen molar-refractivity contribution >= 4 is 17.5 Å². The quantitative estimate of drug-likeness (QED) is 0.714. The third-order valence-electron chi connectivity index (χ3n) is 1.68. The molecule has 0 spiro atoms. The summed E-state index contributed by atoms with van der Waals surface area (Å²) in [4.78, 5) is 16.7. The molecule has 0 aromatic carbocycles. The largest absolute Gasteiger partial charge is 0.451 e. The molecule has 5 N–H and O–H groups in total. The molecule has 1 aromatic rings. The van der Waals surface area contributed by atoms with Crippen molar-refractivity contribution in [3.63, 3.8) is 0 Å². The molecule has 0 saturated heterocycles. The number of carbonyl (C=O) groups is 1. The predicted octanol–water partition coefficient (Wildman–Crippen LogP) is 0.365. The lowest BCUT2D eigenvalue weighted by Gasteiger charge is -2.09. The van der Waals surface area contributed by atoms with Crippen molar-refractivity contribution in [2.75, 3.05) is 17.6 Å². The summed E-state index contributed by atoms with van der Waals surface area (Å²) in [5.74, 6) is -2.32. The minimum atomic E-state index is -4.67. The second-order valence-corrected chi connectivity index (χ2v) is 3.14. The van der Waals surface area contributed by atoms with Crippen molar-refractivity contribution in [3.05, 3.63) is 11.9 Å². The van der Waals surface area contributed by atoms with Gasteiger partial charge in [0.2, 0.25) is 11.7 Å². The number of anilines is 2. The summed E-state index contributed by atoms with van der Waals surface area (Å²) in [6.45, 7) is 0.0725. The topological polar surface area (TPSA) is 107 Å².